The molecular weight excluding hydrogens is 1850 g/mol. The molecule has 5 rings (SSSR count). The molecular formula is C101H164N12O29. The number of aliphatic hydroxyl groups is 2. The molecule has 11 amide bonds. The lowest BCUT2D eigenvalue weighted by atomic mass is 9.46. The van der Waals surface area contributed by atoms with E-state index in [-0.39, 0.29) is 164 Å². The molecule has 20 atom stereocenters. The van der Waals surface area contributed by atoms with Crippen molar-refractivity contribution in [2.75, 3.05) is 122 Å². The highest BCUT2D eigenvalue weighted by atomic mass is 16.8. The largest absolute Gasteiger partial charge is 0.511 e. The van der Waals surface area contributed by atoms with Crippen LogP contribution < -0.4 is 27.0 Å². The molecule has 0 radical (unpaired) electrons. The van der Waals surface area contributed by atoms with Crippen molar-refractivity contribution in [2.45, 2.75) is 306 Å². The third kappa shape index (κ3) is 33.1. The number of amides is 11. The fourth-order valence-corrected chi connectivity index (χ4v) is 19.9. The van der Waals surface area contributed by atoms with Gasteiger partial charge in [-0.15, -0.1) is 0 Å². The molecule has 1 saturated heterocycles. The number of fused-ring (bicyclic) bond motifs is 5. The molecule has 142 heavy (non-hydrogen) atoms. The van der Waals surface area contributed by atoms with E-state index in [0.717, 1.165) is 25.2 Å². The topological polar surface area (TPSA) is 528 Å². The van der Waals surface area contributed by atoms with Gasteiger partial charge in [-0.05, 0) is 157 Å². The molecule has 3 saturated carbocycles. The fraction of sp³-hybridized carbons (Fsp3) is 0.762. The van der Waals surface area contributed by atoms with Crippen LogP contribution in [0.3, 0.4) is 0 Å². The van der Waals surface area contributed by atoms with E-state index < -0.39 is 240 Å². The number of hydrogen-bond donors (Lipinski definition) is 7. The maximum atomic E-state index is 15.9. The molecule has 8 N–H and O–H groups in total. The number of hydrogen-bond acceptors (Lipinski definition) is 30. The number of esters is 4. The maximum absolute atomic E-state index is 15.9. The minimum absolute atomic E-state index is 0.00425. The number of carbonyl (C=O) groups excluding carboxylic acids is 18. The number of carbonyl (C=O) groups is 18. The van der Waals surface area contributed by atoms with Crippen molar-refractivity contribution < 1.29 is 139 Å². The van der Waals surface area contributed by atoms with Gasteiger partial charge < -0.3 is 114 Å². The first-order valence-corrected chi connectivity index (χ1v) is 49.9. The Balaban J connectivity index is 1.25. The minimum Gasteiger partial charge on any atom is -0.463 e. The van der Waals surface area contributed by atoms with E-state index in [4.69, 9.17) is 48.4 Å². The van der Waals surface area contributed by atoms with Crippen LogP contribution >= 0.6 is 0 Å². The second kappa shape index (κ2) is 56.2. The number of ketones is 2. The average Bonchev–Trinajstić information content (AvgIpc) is 1.49. The smallest absolute Gasteiger partial charge is 0.463 e. The van der Waals surface area contributed by atoms with Gasteiger partial charge in [-0.25, -0.2) is 4.79 Å². The van der Waals surface area contributed by atoms with Crippen molar-refractivity contribution in [3.63, 3.8) is 0 Å². The zero-order valence-corrected chi connectivity index (χ0v) is 88.5. The number of rotatable bonds is 39. The Labute approximate surface area is 837 Å². The van der Waals surface area contributed by atoms with Gasteiger partial charge in [-0.1, -0.05) is 135 Å². The lowest BCUT2D eigenvalue weighted by Crippen LogP contribution is -2.64. The van der Waals surface area contributed by atoms with Gasteiger partial charge in [0.25, 0.3) is 0 Å². The van der Waals surface area contributed by atoms with Crippen LogP contribution in [0, 0.1) is 70.0 Å². The predicted octanol–water partition coefficient (Wildman–Crippen LogP) is 4.69. The van der Waals surface area contributed by atoms with Crippen LogP contribution in [0.2, 0.25) is 0 Å². The van der Waals surface area contributed by atoms with E-state index in [1.54, 1.807) is 72.8 Å². The lowest BCUT2D eigenvalue weighted by Gasteiger charge is -2.59. The van der Waals surface area contributed by atoms with Crippen molar-refractivity contribution in [3.8, 4) is 0 Å². The molecule has 0 aromatic carbocycles. The van der Waals surface area contributed by atoms with Crippen LogP contribution in [0.1, 0.15) is 221 Å². The number of likely N-dealkylation sites (N-methyl/N-ethyl adjacent to an activating group) is 7. The Hall–Kier alpha value is -10.4. The molecule has 5 aliphatic rings. The zero-order chi connectivity index (χ0) is 107. The third-order valence-electron chi connectivity index (χ3n) is 28.1. The number of nitrogens with two attached hydrogens (primary N) is 1. The van der Waals surface area contributed by atoms with E-state index in [1.807, 2.05) is 75.3 Å². The third-order valence-corrected chi connectivity index (χ3v) is 28.1. The molecule has 4 fully saturated rings. The average molecular weight is 2010 g/mol. The van der Waals surface area contributed by atoms with Crippen LogP contribution in [-0.4, -0.2) is 357 Å². The number of allylic oxidation sites excluding steroid dienone is 6. The number of nitrogens with zero attached hydrogens (tertiary/aromatic N) is 7. The summed E-state index contributed by atoms with van der Waals surface area (Å²) < 4.78 is 48.5. The Morgan fingerprint density at radius 3 is 1.58 bits per heavy atom. The second-order valence-electron chi connectivity index (χ2n) is 41.4. The van der Waals surface area contributed by atoms with Crippen LogP contribution in [-0.2, 0) is 124 Å². The number of ether oxygens (including phenoxy) is 9. The highest BCUT2D eigenvalue weighted by Crippen LogP contribution is 2.67. The Morgan fingerprint density at radius 2 is 1.04 bits per heavy atom. The number of Topliss-reactive ketones (excluding diaryl/α,β-unsaturated/α-hetero) is 1. The predicted molar refractivity (Wildman–Crippen MR) is 520 cm³/mol. The summed E-state index contributed by atoms with van der Waals surface area (Å²) in [4.78, 5) is 264. The molecule has 41 heteroatoms. The molecule has 802 valence electrons. The number of nitrogens with one attached hydrogen (secondary N) is 4. The summed E-state index contributed by atoms with van der Waals surface area (Å²) in [5.41, 5.74) is 3.64. The normalized spacial score (nSPS) is 27.9. The molecule has 0 bridgehead atoms. The Morgan fingerprint density at radius 1 is 0.542 bits per heavy atom. The number of aliphatic hydroxyl groups excluding tert-OH is 1. The molecule has 10 unspecified atom stereocenters. The van der Waals surface area contributed by atoms with E-state index >= 15 is 19.2 Å². The van der Waals surface area contributed by atoms with E-state index in [1.165, 1.54) is 77.9 Å². The molecule has 0 aromatic rings. The Kier molecular flexibility index (Phi) is 48.3. The van der Waals surface area contributed by atoms with Gasteiger partial charge in [0.2, 0.25) is 77.6 Å². The molecule has 1 heterocycles. The summed E-state index contributed by atoms with van der Waals surface area (Å²) in [7, 11) is 9.40. The van der Waals surface area contributed by atoms with Gasteiger partial charge >= 0.3 is 30.0 Å². The van der Waals surface area contributed by atoms with Gasteiger partial charge in [0.05, 0.1) is 71.6 Å². The second-order valence-corrected chi connectivity index (χ2v) is 41.4. The highest BCUT2D eigenvalue weighted by molar-refractivity contribution is 6.02. The lowest BCUT2D eigenvalue weighted by molar-refractivity contribution is -0.181. The maximum Gasteiger partial charge on any atom is 0.511 e. The first-order valence-electron chi connectivity index (χ1n) is 49.9. The molecule has 0 spiro atoms. The SMILES string of the molecule is C/C=C/C[C@@H](C)C(OC(=O)OCOC(=O)C[C@@H](N)C(=O)OCCOCCOCCOCCOC(=O)CCC(=O)OCC(=O)[C@@]1(O)CCC2C3CCC4=CC(=O)C=C[C@]4(C)C3[C@@H](O)C[C@@]21C)[C@H]1C(=O)NC(CC)C(=O)N(C)CC(=O)N(C)[C@@H](CC(C)C)C(=O)NC(C(C)C)C(=O)N(C)C(CC(C)C)C(=O)N[C@@H](C)C(=O)NC(C)C(=O)N(C)[C@H](CC(C)C)C(=O)N(C)C(CC(C)C)C(=O)N(C)C(C(C)C)C(=O)N1C. The quantitative estimate of drug-likeness (QED) is 0.0144. The summed E-state index contributed by atoms with van der Waals surface area (Å²) in [6.45, 7) is 30.0. The summed E-state index contributed by atoms with van der Waals surface area (Å²) in [6.07, 6.45) is 5.13. The van der Waals surface area contributed by atoms with Gasteiger partial charge in [0.15, 0.2) is 12.4 Å². The molecule has 4 aliphatic carbocycles. The van der Waals surface area contributed by atoms with E-state index in [0.29, 0.717) is 19.3 Å². The van der Waals surface area contributed by atoms with Crippen LogP contribution in [0.25, 0.3) is 0 Å². The van der Waals surface area contributed by atoms with Crippen molar-refractivity contribution in [1.82, 2.24) is 55.6 Å². The van der Waals surface area contributed by atoms with Crippen molar-refractivity contribution in [3.05, 3.63) is 36.0 Å². The van der Waals surface area contributed by atoms with Gasteiger partial charge in [-0.3, -0.25) is 81.5 Å². The summed E-state index contributed by atoms with van der Waals surface area (Å²) in [5.74, 6) is -16.7. The van der Waals surface area contributed by atoms with Gasteiger partial charge in [-0.2, -0.15) is 0 Å². The molecule has 41 nitrogen and oxygen atoms in total. The van der Waals surface area contributed by atoms with Crippen LogP contribution in [0.15, 0.2) is 36.0 Å². The van der Waals surface area contributed by atoms with Crippen LogP contribution in [0.4, 0.5) is 4.79 Å². The standard InChI is InChI=1S/C101H164N12O29/c1-27-29-30-63(15)86(142-98(132)141-56-140-81(120)52-70(102)97(131)138-46-44-136-42-40-134-39-41-135-43-45-137-79(118)33-34-80(119)139-55-77(116)101(133)38-36-69-68-32-31-66-51-67(114)35-37-99(66,18)82(68)76(115)53-100(69,101)19)85-90(124)105-71(28-2)92(126)107(20)54-78(117)108(21)72(47-57(3)4)89(123)106-83(61(11)12)95(129)109(22)73(48-58(5)6)88(122)103-64(16)87(121)104-65(17)91(125)110(23)74(49-59(7)8)93(127)111(24)75(50-60(9)10)94(128)112(25)84(62(13)14)96(130)113(85)26/h27,29,35,37,51,57-65,68-76,82-86,115,133H,28,30-34,36,38-50,52-56,102H2,1-26H3,(H,103,122)(H,104,121)(H,105,124)(H,106,123)/b29-27+/t63-,64+,65?,68?,69?,70-,71?,72+,73?,74-,75?,76+,82?,83?,84?,85+,86?,99+,100+,101+/m1/s1. The van der Waals surface area contributed by atoms with Crippen molar-refractivity contribution in [2.24, 2.45) is 75.7 Å². The molecule has 0 aromatic heterocycles. The first-order chi connectivity index (χ1) is 66.4. The van der Waals surface area contributed by atoms with Gasteiger partial charge in [0, 0.05) is 66.1 Å². The summed E-state index contributed by atoms with van der Waals surface area (Å²) in [6, 6.07) is -15.4. The summed E-state index contributed by atoms with van der Waals surface area (Å²) >= 11 is 0. The zero-order valence-electron chi connectivity index (χ0n) is 88.5. The minimum atomic E-state index is -1.94. The molecule has 1 aliphatic heterocycles. The van der Waals surface area contributed by atoms with E-state index in [9.17, 15) is 77.3 Å². The van der Waals surface area contributed by atoms with E-state index in [2.05, 4.69) is 21.3 Å². The first kappa shape index (κ1) is 122. The fourth-order valence-electron chi connectivity index (χ4n) is 19.9. The highest BCUT2D eigenvalue weighted by Gasteiger charge is 2.68. The van der Waals surface area contributed by atoms with Crippen molar-refractivity contribution in [1.29, 1.82) is 0 Å². The van der Waals surface area contributed by atoms with Gasteiger partial charge in [0.1, 0.15) is 91.4 Å². The monoisotopic (exact) mass is 2010 g/mol. The summed E-state index contributed by atoms with van der Waals surface area (Å²) in [5, 5.41) is 34.6. The van der Waals surface area contributed by atoms with Crippen molar-refractivity contribution >= 4 is 107 Å². The Bertz CT molecular complexity index is 4460. The van der Waals surface area contributed by atoms with Crippen LogP contribution in [0.5, 0.6) is 0 Å².